The molecule has 0 aromatic carbocycles. The highest BCUT2D eigenvalue weighted by Gasteiger charge is 2.24. The number of sulfonamides is 1. The molecule has 2 N–H and O–H groups in total. The molecule has 1 aromatic rings. The molecule has 18 heavy (non-hydrogen) atoms. The molecule has 102 valence electrons. The minimum absolute atomic E-state index is 0.0774. The Labute approximate surface area is 106 Å². The van der Waals surface area contributed by atoms with Gasteiger partial charge in [0.05, 0.1) is 6.10 Å². The smallest absolute Gasteiger partial charge is 0.217 e. The van der Waals surface area contributed by atoms with Crippen molar-refractivity contribution in [3.63, 3.8) is 0 Å². The van der Waals surface area contributed by atoms with Crippen LogP contribution in [0.15, 0.2) is 10.6 Å². The van der Waals surface area contributed by atoms with E-state index in [1.807, 2.05) is 0 Å². The number of nitrogens with zero attached hydrogens (tertiary/aromatic N) is 1. The topological polar surface area (TPSA) is 92.4 Å². The van der Waals surface area contributed by atoms with Crippen molar-refractivity contribution in [2.45, 2.75) is 50.5 Å². The van der Waals surface area contributed by atoms with Gasteiger partial charge in [-0.25, -0.2) is 13.1 Å². The molecule has 1 saturated carbocycles. The van der Waals surface area contributed by atoms with Crippen molar-refractivity contribution in [3.05, 3.63) is 17.5 Å². The molecule has 0 unspecified atom stereocenters. The zero-order chi connectivity index (χ0) is 13.2. The van der Waals surface area contributed by atoms with Crippen LogP contribution in [0.4, 0.5) is 0 Å². The molecule has 0 bridgehead atoms. The number of aliphatic hydroxyl groups is 1. The van der Waals surface area contributed by atoms with Gasteiger partial charge in [-0.1, -0.05) is 5.16 Å². The van der Waals surface area contributed by atoms with Crippen LogP contribution < -0.4 is 4.72 Å². The highest BCUT2D eigenvalue weighted by molar-refractivity contribution is 7.88. The number of aromatic nitrogens is 1. The van der Waals surface area contributed by atoms with E-state index in [0.29, 0.717) is 37.1 Å². The summed E-state index contributed by atoms with van der Waals surface area (Å²) in [6.45, 7) is 1.72. The fourth-order valence-corrected chi connectivity index (χ4v) is 3.52. The number of aryl methyl sites for hydroxylation is 1. The number of hydrogen-bond donors (Lipinski definition) is 2. The Hall–Kier alpha value is -0.920. The van der Waals surface area contributed by atoms with Gasteiger partial charge in [0.15, 0.2) is 0 Å². The van der Waals surface area contributed by atoms with E-state index in [9.17, 15) is 13.5 Å². The molecule has 0 saturated heterocycles. The Morgan fingerprint density at radius 2 is 2.11 bits per heavy atom. The third-order valence-corrected chi connectivity index (χ3v) is 4.43. The van der Waals surface area contributed by atoms with Crippen molar-refractivity contribution < 1.29 is 18.0 Å². The SMILES string of the molecule is Cc1cc(CS(=O)(=O)NC2CCC(O)CC2)no1. The summed E-state index contributed by atoms with van der Waals surface area (Å²) >= 11 is 0. The maximum Gasteiger partial charge on any atom is 0.217 e. The summed E-state index contributed by atoms with van der Waals surface area (Å²) in [6.07, 6.45) is 2.37. The van der Waals surface area contributed by atoms with Crippen LogP contribution in [-0.2, 0) is 15.8 Å². The van der Waals surface area contributed by atoms with Crippen molar-refractivity contribution in [2.75, 3.05) is 0 Å². The molecule has 1 aliphatic rings. The lowest BCUT2D eigenvalue weighted by Crippen LogP contribution is -2.39. The zero-order valence-electron chi connectivity index (χ0n) is 10.3. The van der Waals surface area contributed by atoms with E-state index in [4.69, 9.17) is 4.52 Å². The van der Waals surface area contributed by atoms with Crippen molar-refractivity contribution in [2.24, 2.45) is 0 Å². The molecule has 0 atom stereocenters. The Morgan fingerprint density at radius 3 is 2.67 bits per heavy atom. The summed E-state index contributed by atoms with van der Waals surface area (Å²) in [7, 11) is -3.39. The van der Waals surface area contributed by atoms with Crippen molar-refractivity contribution in [1.82, 2.24) is 9.88 Å². The lowest BCUT2D eigenvalue weighted by molar-refractivity contribution is 0.120. The van der Waals surface area contributed by atoms with Crippen LogP contribution in [-0.4, -0.2) is 30.8 Å². The molecule has 1 fully saturated rings. The molecule has 2 rings (SSSR count). The Balaban J connectivity index is 1.91. The molecule has 1 aromatic heterocycles. The van der Waals surface area contributed by atoms with Crippen LogP contribution in [0, 0.1) is 6.92 Å². The first kappa shape index (κ1) is 13.5. The average Bonchev–Trinajstić information content (AvgIpc) is 2.66. The zero-order valence-corrected chi connectivity index (χ0v) is 11.1. The average molecular weight is 274 g/mol. The summed E-state index contributed by atoms with van der Waals surface area (Å²) in [5, 5.41) is 13.0. The monoisotopic (exact) mass is 274 g/mol. The van der Waals surface area contributed by atoms with Crippen LogP contribution >= 0.6 is 0 Å². The van der Waals surface area contributed by atoms with Gasteiger partial charge in [0.25, 0.3) is 0 Å². The highest BCUT2D eigenvalue weighted by Crippen LogP contribution is 2.19. The van der Waals surface area contributed by atoms with E-state index < -0.39 is 10.0 Å². The van der Waals surface area contributed by atoms with Gasteiger partial charge in [-0.05, 0) is 32.6 Å². The normalized spacial score (nSPS) is 25.2. The Bertz CT molecular complexity index is 489. The lowest BCUT2D eigenvalue weighted by Gasteiger charge is -2.25. The molecule has 0 amide bonds. The molecular weight excluding hydrogens is 256 g/mol. The van der Waals surface area contributed by atoms with Gasteiger partial charge in [-0.2, -0.15) is 0 Å². The Kier molecular flexibility index (Phi) is 4.04. The molecule has 0 aliphatic heterocycles. The summed E-state index contributed by atoms with van der Waals surface area (Å²) in [6, 6.07) is 1.54. The summed E-state index contributed by atoms with van der Waals surface area (Å²) in [4.78, 5) is 0. The van der Waals surface area contributed by atoms with Crippen LogP contribution in [0.2, 0.25) is 0 Å². The van der Waals surface area contributed by atoms with Crippen molar-refractivity contribution in [3.8, 4) is 0 Å². The first-order valence-corrected chi connectivity index (χ1v) is 7.70. The summed E-state index contributed by atoms with van der Waals surface area (Å²) in [5.74, 6) is 0.435. The molecular formula is C11H18N2O4S. The molecule has 7 heteroatoms. The van der Waals surface area contributed by atoms with Gasteiger partial charge in [0, 0.05) is 12.1 Å². The minimum atomic E-state index is -3.39. The van der Waals surface area contributed by atoms with Crippen LogP contribution in [0.1, 0.15) is 37.1 Å². The summed E-state index contributed by atoms with van der Waals surface area (Å²) < 4.78 is 31.3. The number of aliphatic hydroxyl groups excluding tert-OH is 1. The van der Waals surface area contributed by atoms with Gasteiger partial charge >= 0.3 is 0 Å². The molecule has 0 spiro atoms. The van der Waals surface area contributed by atoms with Gasteiger partial charge in [0.1, 0.15) is 17.2 Å². The number of rotatable bonds is 4. The third-order valence-electron chi connectivity index (χ3n) is 3.06. The second-order valence-electron chi connectivity index (χ2n) is 4.81. The second-order valence-corrected chi connectivity index (χ2v) is 6.57. The van der Waals surface area contributed by atoms with Crippen molar-refractivity contribution >= 4 is 10.0 Å². The predicted octanol–water partition coefficient (Wildman–Crippen LogP) is 0.706. The van der Waals surface area contributed by atoms with Gasteiger partial charge in [-0.15, -0.1) is 0 Å². The molecule has 1 aliphatic carbocycles. The predicted molar refractivity (Wildman–Crippen MR) is 65.3 cm³/mol. The van der Waals surface area contributed by atoms with Gasteiger partial charge in [-0.3, -0.25) is 0 Å². The Morgan fingerprint density at radius 1 is 1.44 bits per heavy atom. The van der Waals surface area contributed by atoms with E-state index in [0.717, 1.165) is 0 Å². The standard InChI is InChI=1S/C11H18N2O4S/c1-8-6-10(12-17-8)7-18(15,16)13-9-2-4-11(14)5-3-9/h6,9,11,13-14H,2-5,7H2,1H3. The molecule has 0 radical (unpaired) electrons. The van der Waals surface area contributed by atoms with E-state index in [1.54, 1.807) is 13.0 Å². The van der Waals surface area contributed by atoms with Crippen molar-refractivity contribution in [1.29, 1.82) is 0 Å². The second kappa shape index (κ2) is 5.38. The summed E-state index contributed by atoms with van der Waals surface area (Å²) in [5.41, 5.74) is 0.413. The van der Waals surface area contributed by atoms with Crippen LogP contribution in [0.3, 0.4) is 0 Å². The van der Waals surface area contributed by atoms with E-state index >= 15 is 0 Å². The van der Waals surface area contributed by atoms with E-state index in [2.05, 4.69) is 9.88 Å². The van der Waals surface area contributed by atoms with Gasteiger partial charge < -0.3 is 9.63 Å². The fourth-order valence-electron chi connectivity index (χ4n) is 2.17. The maximum atomic E-state index is 11.9. The fraction of sp³-hybridized carbons (Fsp3) is 0.727. The lowest BCUT2D eigenvalue weighted by atomic mass is 9.94. The number of nitrogens with one attached hydrogen (secondary N) is 1. The first-order valence-electron chi connectivity index (χ1n) is 6.05. The minimum Gasteiger partial charge on any atom is -0.393 e. The highest BCUT2D eigenvalue weighted by atomic mass is 32.2. The first-order chi connectivity index (χ1) is 8.44. The van der Waals surface area contributed by atoms with E-state index in [1.165, 1.54) is 0 Å². The van der Waals surface area contributed by atoms with Crippen LogP contribution in [0.5, 0.6) is 0 Å². The number of hydrogen-bond acceptors (Lipinski definition) is 5. The molecule has 1 heterocycles. The van der Waals surface area contributed by atoms with Gasteiger partial charge in [0.2, 0.25) is 10.0 Å². The quantitative estimate of drug-likeness (QED) is 0.843. The van der Waals surface area contributed by atoms with E-state index in [-0.39, 0.29) is 17.9 Å². The van der Waals surface area contributed by atoms with Crippen LogP contribution in [0.25, 0.3) is 0 Å². The maximum absolute atomic E-state index is 11.9. The molecule has 6 nitrogen and oxygen atoms in total. The largest absolute Gasteiger partial charge is 0.393 e. The third kappa shape index (κ3) is 3.79.